The van der Waals surface area contributed by atoms with E-state index in [-0.39, 0.29) is 4.34 Å². The highest BCUT2D eigenvalue weighted by atomic mass is 32.2. The smallest absolute Gasteiger partial charge is 0.223 e. The first-order chi connectivity index (χ1) is 6.48. The molecule has 14 heavy (non-hydrogen) atoms. The van der Waals surface area contributed by atoms with Crippen molar-refractivity contribution in [2.75, 3.05) is 0 Å². The van der Waals surface area contributed by atoms with E-state index >= 15 is 0 Å². The predicted octanol–water partition coefficient (Wildman–Crippen LogP) is 1.23. The lowest BCUT2D eigenvalue weighted by Gasteiger charge is -1.89. The molecule has 0 bridgehead atoms. The Bertz CT molecular complexity index is 588. The third-order valence-electron chi connectivity index (χ3n) is 1.62. The monoisotopic (exact) mass is 246 g/mol. The molecule has 0 amide bonds. The second-order valence-corrected chi connectivity index (χ2v) is 5.90. The van der Waals surface area contributed by atoms with Crippen molar-refractivity contribution in [1.29, 1.82) is 0 Å². The van der Waals surface area contributed by atoms with E-state index in [2.05, 4.69) is 17.6 Å². The molecule has 2 rings (SSSR count). The summed E-state index contributed by atoms with van der Waals surface area (Å²) in [5, 5.41) is 4.97. The number of aromatic nitrogens is 1. The summed E-state index contributed by atoms with van der Waals surface area (Å²) in [6.45, 7) is 0. The first-order valence-electron chi connectivity index (χ1n) is 3.60. The van der Waals surface area contributed by atoms with Gasteiger partial charge in [-0.1, -0.05) is 6.07 Å². The Balaban J connectivity index is 2.81. The van der Waals surface area contributed by atoms with Gasteiger partial charge in [0.1, 0.15) is 0 Å². The molecule has 1 aromatic heterocycles. The molecule has 2 N–H and O–H groups in total. The van der Waals surface area contributed by atoms with Gasteiger partial charge >= 0.3 is 0 Å². The Morgan fingerprint density at radius 2 is 2.14 bits per heavy atom. The van der Waals surface area contributed by atoms with Crippen molar-refractivity contribution in [2.24, 2.45) is 5.14 Å². The van der Waals surface area contributed by atoms with Gasteiger partial charge in [-0.25, -0.2) is 18.5 Å². The molecule has 0 unspecified atom stereocenters. The quantitative estimate of drug-likeness (QED) is 0.743. The number of benzene rings is 1. The van der Waals surface area contributed by atoms with Crippen molar-refractivity contribution < 1.29 is 8.42 Å². The molecular formula is C7H6N2O2S3. The van der Waals surface area contributed by atoms with Gasteiger partial charge in [0.2, 0.25) is 4.34 Å². The van der Waals surface area contributed by atoms with Gasteiger partial charge < -0.3 is 0 Å². The van der Waals surface area contributed by atoms with E-state index < -0.39 is 10.0 Å². The maximum atomic E-state index is 11.0. The van der Waals surface area contributed by atoms with Crippen LogP contribution in [0.1, 0.15) is 0 Å². The van der Waals surface area contributed by atoms with Gasteiger partial charge in [-0.3, -0.25) is 0 Å². The summed E-state index contributed by atoms with van der Waals surface area (Å²) in [7, 11) is -3.71. The number of para-hydroxylation sites is 1. The minimum atomic E-state index is -3.71. The van der Waals surface area contributed by atoms with Crippen molar-refractivity contribution in [1.82, 2.24) is 4.98 Å². The topological polar surface area (TPSA) is 73.1 Å². The molecule has 74 valence electrons. The summed E-state index contributed by atoms with van der Waals surface area (Å²) in [6, 6.07) is 5.31. The van der Waals surface area contributed by atoms with E-state index in [4.69, 9.17) is 5.14 Å². The van der Waals surface area contributed by atoms with Gasteiger partial charge in [0.25, 0.3) is 10.0 Å². The summed E-state index contributed by atoms with van der Waals surface area (Å²) in [5.74, 6) is 0. The van der Waals surface area contributed by atoms with E-state index in [1.165, 1.54) is 0 Å². The molecule has 4 nitrogen and oxygen atoms in total. The number of nitrogens with two attached hydrogens (primary N) is 1. The molecule has 0 saturated carbocycles. The third-order valence-corrected chi connectivity index (χ3v) is 4.32. The minimum Gasteiger partial charge on any atom is -0.223 e. The van der Waals surface area contributed by atoms with Gasteiger partial charge in [0.05, 0.1) is 10.2 Å². The van der Waals surface area contributed by atoms with Crippen LogP contribution in [-0.4, -0.2) is 13.4 Å². The molecule has 2 aromatic rings. The molecule has 1 heterocycles. The number of thiazole rings is 1. The number of rotatable bonds is 1. The maximum Gasteiger partial charge on any atom is 0.265 e. The lowest BCUT2D eigenvalue weighted by atomic mass is 10.3. The van der Waals surface area contributed by atoms with Crippen LogP contribution in [0.25, 0.3) is 10.2 Å². The Morgan fingerprint density at radius 1 is 1.43 bits per heavy atom. The summed E-state index contributed by atoms with van der Waals surface area (Å²) in [5.41, 5.74) is 0.574. The summed E-state index contributed by atoms with van der Waals surface area (Å²) < 4.78 is 22.7. The molecular weight excluding hydrogens is 240 g/mol. The molecule has 0 aliphatic heterocycles. The first kappa shape index (κ1) is 9.91. The van der Waals surface area contributed by atoms with Gasteiger partial charge in [-0.15, -0.1) is 24.0 Å². The molecule has 0 spiro atoms. The number of hydrogen-bond acceptors (Lipinski definition) is 5. The van der Waals surface area contributed by atoms with Crippen molar-refractivity contribution in [3.63, 3.8) is 0 Å². The zero-order valence-electron chi connectivity index (χ0n) is 6.84. The molecule has 0 fully saturated rings. The van der Waals surface area contributed by atoms with Crippen LogP contribution in [0.15, 0.2) is 27.4 Å². The zero-order chi connectivity index (χ0) is 10.3. The SMILES string of the molecule is NS(=O)(=O)c1nc2c(S)cccc2s1. The summed E-state index contributed by atoms with van der Waals surface area (Å²) >= 11 is 5.21. The Kier molecular flexibility index (Phi) is 2.26. The average Bonchev–Trinajstić information content (AvgIpc) is 2.48. The molecule has 0 radical (unpaired) electrons. The molecule has 0 atom stereocenters. The fraction of sp³-hybridized carbons (Fsp3) is 0. The summed E-state index contributed by atoms with van der Waals surface area (Å²) in [6.07, 6.45) is 0. The summed E-state index contributed by atoms with van der Waals surface area (Å²) in [4.78, 5) is 4.56. The Labute approximate surface area is 90.2 Å². The second-order valence-electron chi connectivity index (χ2n) is 2.65. The third kappa shape index (κ3) is 1.63. The number of thiol groups is 1. The van der Waals surface area contributed by atoms with Crippen molar-refractivity contribution >= 4 is 44.2 Å². The van der Waals surface area contributed by atoms with Crippen LogP contribution in [0.2, 0.25) is 0 Å². The van der Waals surface area contributed by atoms with Crippen LogP contribution in [-0.2, 0) is 10.0 Å². The van der Waals surface area contributed by atoms with Gasteiger partial charge in [-0.05, 0) is 12.1 Å². The largest absolute Gasteiger partial charge is 0.265 e. The van der Waals surface area contributed by atoms with Crippen LogP contribution in [0.4, 0.5) is 0 Å². The molecule has 0 aliphatic carbocycles. The highest BCUT2D eigenvalue weighted by molar-refractivity contribution is 7.91. The Morgan fingerprint density at radius 3 is 2.71 bits per heavy atom. The molecule has 0 aliphatic rings. The number of nitrogens with zero attached hydrogens (tertiary/aromatic N) is 1. The fourth-order valence-electron chi connectivity index (χ4n) is 1.04. The van der Waals surface area contributed by atoms with Crippen molar-refractivity contribution in [3.05, 3.63) is 18.2 Å². The number of primary sulfonamides is 1. The number of sulfonamides is 1. The molecule has 0 saturated heterocycles. The highest BCUT2D eigenvalue weighted by Gasteiger charge is 2.15. The van der Waals surface area contributed by atoms with Gasteiger partial charge in [0.15, 0.2) is 0 Å². The van der Waals surface area contributed by atoms with Gasteiger partial charge in [-0.2, -0.15) is 0 Å². The molecule has 7 heteroatoms. The zero-order valence-corrected chi connectivity index (χ0v) is 9.36. The number of fused-ring (bicyclic) bond motifs is 1. The normalized spacial score (nSPS) is 12.1. The number of hydrogen-bond donors (Lipinski definition) is 2. The van der Waals surface area contributed by atoms with E-state index in [0.29, 0.717) is 10.4 Å². The van der Waals surface area contributed by atoms with E-state index in [9.17, 15) is 8.42 Å². The lowest BCUT2D eigenvalue weighted by Crippen LogP contribution is -2.11. The van der Waals surface area contributed by atoms with Crippen LogP contribution < -0.4 is 5.14 Å². The first-order valence-corrected chi connectivity index (χ1v) is 6.41. The van der Waals surface area contributed by atoms with Crippen molar-refractivity contribution in [2.45, 2.75) is 9.24 Å². The van der Waals surface area contributed by atoms with E-state index in [1.54, 1.807) is 18.2 Å². The second kappa shape index (κ2) is 3.20. The highest BCUT2D eigenvalue weighted by Crippen LogP contribution is 2.28. The molecule has 1 aromatic carbocycles. The van der Waals surface area contributed by atoms with Crippen LogP contribution in [0.3, 0.4) is 0 Å². The van der Waals surface area contributed by atoms with Crippen LogP contribution in [0.5, 0.6) is 0 Å². The van der Waals surface area contributed by atoms with Gasteiger partial charge in [0, 0.05) is 4.90 Å². The lowest BCUT2D eigenvalue weighted by molar-refractivity contribution is 0.597. The van der Waals surface area contributed by atoms with Crippen LogP contribution in [0, 0.1) is 0 Å². The maximum absolute atomic E-state index is 11.0. The fourth-order valence-corrected chi connectivity index (χ4v) is 3.04. The predicted molar refractivity (Wildman–Crippen MR) is 58.2 cm³/mol. The van der Waals surface area contributed by atoms with Crippen LogP contribution >= 0.6 is 24.0 Å². The van der Waals surface area contributed by atoms with E-state index in [0.717, 1.165) is 16.0 Å². The minimum absolute atomic E-state index is 0.0750. The van der Waals surface area contributed by atoms with E-state index in [1.807, 2.05) is 0 Å². The standard InChI is InChI=1S/C7H6N2O2S3/c8-14(10,11)7-9-6-4(12)2-1-3-5(6)13-7/h1-3,12H,(H2,8,10,11). The average molecular weight is 246 g/mol. The Hall–Kier alpha value is -0.630. The van der Waals surface area contributed by atoms with Crippen molar-refractivity contribution in [3.8, 4) is 0 Å².